The van der Waals surface area contributed by atoms with Crippen molar-refractivity contribution in [1.82, 2.24) is 0 Å². The molecule has 0 aliphatic carbocycles. The van der Waals surface area contributed by atoms with Crippen molar-refractivity contribution >= 4 is 11.8 Å². The zero-order valence-electron chi connectivity index (χ0n) is 11.8. The van der Waals surface area contributed by atoms with Gasteiger partial charge < -0.3 is 10.2 Å². The van der Waals surface area contributed by atoms with E-state index in [-0.39, 0.29) is 0 Å². The minimum Gasteiger partial charge on any atom is -0.475 e. The molecule has 0 rings (SSSR count). The van der Waals surface area contributed by atoms with Crippen LogP contribution in [0.2, 0.25) is 0 Å². The lowest BCUT2D eigenvalue weighted by molar-refractivity contribution is -0.158. The topological polar surface area (TPSA) is 74.6 Å². The van der Waals surface area contributed by atoms with E-state index in [1.54, 1.807) is 0 Å². The van der Waals surface area contributed by atoms with E-state index in [0.717, 1.165) is 0 Å². The van der Waals surface area contributed by atoms with Crippen molar-refractivity contribution in [3.05, 3.63) is 0 Å². The molecular weight excluding hydrogens is 136 g/mol. The lowest BCUT2D eigenvalue weighted by Crippen LogP contribution is -2.39. The number of hydrogen-bond acceptors (Lipinski definition) is 3. The summed E-state index contributed by atoms with van der Waals surface area (Å²) in [6.45, 7) is -6.27. The van der Waals surface area contributed by atoms with Crippen LogP contribution in [-0.4, -0.2) is 27.6 Å². The van der Waals surface area contributed by atoms with Crippen LogP contribution in [0.4, 0.5) is 0 Å². The van der Waals surface area contributed by atoms with Gasteiger partial charge in [-0.25, -0.2) is 4.79 Å². The molecule has 0 heterocycles. The van der Waals surface area contributed by atoms with Gasteiger partial charge in [0.25, 0.3) is 5.78 Å². The maximum Gasteiger partial charge on any atom is 0.375 e. The maximum atomic E-state index is 11.1. The molecule has 0 amide bonds. The summed E-state index contributed by atoms with van der Waals surface area (Å²) in [7, 11) is 0. The van der Waals surface area contributed by atoms with E-state index in [2.05, 4.69) is 0 Å². The molecule has 0 aliphatic rings. The van der Waals surface area contributed by atoms with E-state index in [4.69, 9.17) is 14.7 Å². The van der Waals surface area contributed by atoms with Gasteiger partial charge in [-0.2, -0.15) is 0 Å². The molecule has 0 aromatic rings. The van der Waals surface area contributed by atoms with Crippen molar-refractivity contribution in [3.8, 4) is 0 Å². The number of Topliss-reactive ketones (excluding diaryl/α,β-unsaturated/α-hetero) is 1. The minimum absolute atomic E-state index is 2.24. The molecule has 0 spiro atoms. The Morgan fingerprint density at radius 3 is 2.70 bits per heavy atom. The largest absolute Gasteiger partial charge is 0.475 e. The first-order chi connectivity index (χ1) is 7.30. The third kappa shape index (κ3) is 1.80. The van der Waals surface area contributed by atoms with Crippen LogP contribution in [-0.2, 0) is 9.59 Å². The summed E-state index contributed by atoms with van der Waals surface area (Å²) >= 11 is 0. The highest BCUT2D eigenvalue weighted by atomic mass is 16.4. The normalized spacial score (nSPS) is 29.2. The maximum absolute atomic E-state index is 11.1. The van der Waals surface area contributed by atoms with Crippen LogP contribution in [0.5, 0.6) is 0 Å². The molecule has 0 aromatic carbocycles. The molecule has 10 heavy (non-hydrogen) atoms. The van der Waals surface area contributed by atoms with E-state index in [1.165, 1.54) is 0 Å². The summed E-state index contributed by atoms with van der Waals surface area (Å²) in [5, 5.41) is 17.9. The van der Waals surface area contributed by atoms with Gasteiger partial charge in [-0.1, -0.05) is 6.85 Å². The van der Waals surface area contributed by atoms with Crippen LogP contribution in [0.1, 0.15) is 29.7 Å². The Morgan fingerprint density at radius 2 is 2.40 bits per heavy atom. The highest BCUT2D eigenvalue weighted by Crippen LogP contribution is 2.09. The van der Waals surface area contributed by atoms with E-state index in [9.17, 15) is 14.7 Å². The van der Waals surface area contributed by atoms with Crippen molar-refractivity contribution < 1.29 is 29.4 Å². The first-order valence-corrected chi connectivity index (χ1v) is 2.14. The predicted octanol–water partition coefficient (Wildman–Crippen LogP) is -0.199. The Hall–Kier alpha value is -0.900. The molecule has 0 aliphatic heterocycles. The quantitative estimate of drug-likeness (QED) is 0.551. The third-order valence-corrected chi connectivity index (χ3v) is 0.731. The second-order valence-electron chi connectivity index (χ2n) is 1.53. The number of ketones is 1. The Kier molecular flexibility index (Phi) is 0.730. The van der Waals surface area contributed by atoms with E-state index in [0.29, 0.717) is 0 Å². The van der Waals surface area contributed by atoms with Crippen LogP contribution in [0.15, 0.2) is 0 Å². The molecule has 1 atom stereocenters. The number of carboxylic acid groups (broad SMARTS) is 1. The van der Waals surface area contributed by atoms with Crippen molar-refractivity contribution in [2.24, 2.45) is 0 Å². The van der Waals surface area contributed by atoms with Crippen LogP contribution >= 0.6 is 0 Å². The van der Waals surface area contributed by atoms with Crippen molar-refractivity contribution in [3.63, 3.8) is 0 Å². The molecule has 0 radical (unpaired) electrons. The number of hydrogen-bond donors (Lipinski definition) is 2. The fourth-order valence-corrected chi connectivity index (χ4v) is 0.220. The molecule has 0 fully saturated rings. The van der Waals surface area contributed by atoms with Gasteiger partial charge >= 0.3 is 5.97 Å². The second kappa shape index (κ2) is 2.79. The summed E-state index contributed by atoms with van der Waals surface area (Å²) in [5.41, 5.74) is -3.77. The zero-order chi connectivity index (χ0) is 14.2. The second-order valence-corrected chi connectivity index (χ2v) is 1.53. The molecule has 0 saturated heterocycles. The Bertz CT molecular complexity index is 336. The molecule has 2 N–H and O–H groups in total. The first kappa shape index (κ1) is 2.62. The monoisotopic (exact) mass is 153 g/mol. The predicted molar refractivity (Wildman–Crippen MR) is 33.6 cm³/mol. The molecule has 1 unspecified atom stereocenters. The lowest BCUT2D eigenvalue weighted by atomic mass is 9.98. The summed E-state index contributed by atoms with van der Waals surface area (Å²) < 4.78 is 48.3. The van der Waals surface area contributed by atoms with Crippen LogP contribution < -0.4 is 0 Å². The number of aliphatic hydroxyl groups is 1. The van der Waals surface area contributed by atoms with Gasteiger partial charge in [0.2, 0.25) is 0 Å². The Balaban J connectivity index is 5.85. The Morgan fingerprint density at radius 1 is 1.80 bits per heavy atom. The van der Waals surface area contributed by atoms with Crippen LogP contribution in [0.3, 0.4) is 0 Å². The fourth-order valence-electron chi connectivity index (χ4n) is 0.220. The molecule has 4 nitrogen and oxygen atoms in total. The highest BCUT2D eigenvalue weighted by Gasteiger charge is 2.33. The summed E-state index contributed by atoms with van der Waals surface area (Å²) in [6, 6.07) is 0. The van der Waals surface area contributed by atoms with Crippen molar-refractivity contribution in [2.75, 3.05) is 0 Å². The molecular formula is C6H10O4. The average Bonchev–Trinajstić information content (AvgIpc) is 2.12. The number of carbonyl (C=O) groups excluding carboxylic acids is 1. The van der Waals surface area contributed by atoms with E-state index < -0.39 is 37.5 Å². The number of aliphatic carboxylic acids is 1. The van der Waals surface area contributed by atoms with Gasteiger partial charge in [0.15, 0.2) is 0 Å². The number of rotatable bonds is 3. The van der Waals surface area contributed by atoms with Crippen LogP contribution in [0.25, 0.3) is 0 Å². The molecule has 4 heteroatoms. The average molecular weight is 153 g/mol. The highest BCUT2D eigenvalue weighted by molar-refractivity contribution is 6.35. The molecule has 0 saturated carbocycles. The summed E-state index contributed by atoms with van der Waals surface area (Å²) in [4.78, 5) is 21.5. The summed E-state index contributed by atoms with van der Waals surface area (Å²) in [6.07, 6.45) is -3.73. The van der Waals surface area contributed by atoms with E-state index >= 15 is 0 Å². The SMILES string of the molecule is [2H]C([2H])C(O)(C(=O)C(=O)O)C([2H])([2H])C([2H])([2H])[2H]. The van der Waals surface area contributed by atoms with Gasteiger partial charge in [0.1, 0.15) is 5.60 Å². The molecule has 0 aromatic heterocycles. The van der Waals surface area contributed by atoms with Gasteiger partial charge in [-0.05, 0) is 13.2 Å². The smallest absolute Gasteiger partial charge is 0.375 e. The summed E-state index contributed by atoms with van der Waals surface area (Å²) in [5.74, 6) is -4.56. The van der Waals surface area contributed by atoms with Crippen LogP contribution in [0, 0.1) is 0 Å². The van der Waals surface area contributed by atoms with E-state index in [1.807, 2.05) is 0 Å². The lowest BCUT2D eigenvalue weighted by Gasteiger charge is -2.15. The third-order valence-electron chi connectivity index (χ3n) is 0.731. The van der Waals surface area contributed by atoms with Gasteiger partial charge in [0, 0.05) is 9.60 Å². The zero-order valence-corrected chi connectivity index (χ0v) is 4.79. The fraction of sp³-hybridized carbons (Fsp3) is 0.667. The standard InChI is InChI=1S/C6H10O4/c1-3-6(2,10)4(7)5(8)9/h10H,3H2,1-2H3,(H,8,9)/i1D3,2D2,3D2. The molecule has 58 valence electrons. The number of carbonyl (C=O) groups is 2. The van der Waals surface area contributed by atoms with Gasteiger partial charge in [-0.15, -0.1) is 0 Å². The van der Waals surface area contributed by atoms with Gasteiger partial charge in [-0.3, -0.25) is 4.79 Å². The first-order valence-electron chi connectivity index (χ1n) is 5.80. The minimum atomic E-state index is -3.77. The number of carboxylic acids is 1. The van der Waals surface area contributed by atoms with Crippen molar-refractivity contribution in [1.29, 1.82) is 0 Å². The van der Waals surface area contributed by atoms with Gasteiger partial charge in [0.05, 0.1) is 0 Å². The molecule has 0 bridgehead atoms. The van der Waals surface area contributed by atoms with Crippen molar-refractivity contribution in [2.45, 2.75) is 25.7 Å². The Labute approximate surface area is 68.3 Å².